The van der Waals surface area contributed by atoms with Gasteiger partial charge in [0, 0.05) is 62.1 Å². The Morgan fingerprint density at radius 3 is 1.20 bits per heavy atom. The predicted molar refractivity (Wildman–Crippen MR) is 424 cm³/mol. The molecule has 0 aliphatic carbocycles. The van der Waals surface area contributed by atoms with E-state index in [0.29, 0.717) is 0 Å². The third kappa shape index (κ3) is 23.2. The Balaban J connectivity index is -0.000000247. The van der Waals surface area contributed by atoms with Gasteiger partial charge in [-0.1, -0.05) is 228 Å². The second-order valence-corrected chi connectivity index (χ2v) is 19.1. The van der Waals surface area contributed by atoms with Crippen LogP contribution >= 0.6 is 11.3 Å². The van der Waals surface area contributed by atoms with Crippen LogP contribution < -0.4 is 34.0 Å². The Morgan fingerprint density at radius 1 is 0.376 bits per heavy atom. The number of fused-ring (bicyclic) bond motifs is 4. The molecule has 0 N–H and O–H groups in total. The van der Waals surface area contributed by atoms with Gasteiger partial charge in [0.15, 0.2) is 29.5 Å². The molecule has 8 heterocycles. The summed E-state index contributed by atoms with van der Waals surface area (Å²) < 4.78 is 3.57. The number of thiophene rings is 1. The summed E-state index contributed by atoms with van der Waals surface area (Å²) in [5.74, 6) is 3.84. The average molecular weight is 1300 g/mol. The van der Waals surface area contributed by atoms with Crippen LogP contribution in [-0.4, -0.2) is 69.5 Å². The van der Waals surface area contributed by atoms with Crippen molar-refractivity contribution in [3.63, 3.8) is 0 Å². The number of hydrogen-bond donors (Lipinski definition) is 0. The standard InChI is InChI=1S/C15H14NS.3C14H16N4.8C2H6.6CH4/c1-11-5-3-4-6-13(11)14-15-12(8-10-17-15)7-9-16(14)2;1-10-6-4-5-7-12(10)18-11(2)17(3)14-13(18)8-15-9-16-14;1-10-6-4-5-7-12(10)18-11(2)17(3)13-8-15-9-16-14(13)18;1-10-6-4-5-7-12(10)18-11(2)17(3)13-14(18)16-9-8-15-13;8*1-2;;;;;;/h3-10H,1-2H3;3*4-9,11H,1-3H3;8*1-2H3;6*1H4/q+1;;;;;;;;;;;;;;;;;/t;3*11-;;;;;;;;;;;;;;/m.000............../s1. The molecule has 9 aromatic rings. The van der Waals surface area contributed by atoms with Crippen molar-refractivity contribution in [2.45, 2.75) is 222 Å². The van der Waals surface area contributed by atoms with Gasteiger partial charge in [-0.05, 0) is 106 Å². The highest BCUT2D eigenvalue weighted by Gasteiger charge is 2.36. The zero-order valence-electron chi connectivity index (χ0n) is 58.5. The molecule has 3 atom stereocenters. The summed E-state index contributed by atoms with van der Waals surface area (Å²) in [7, 11) is 8.30. The van der Waals surface area contributed by atoms with E-state index >= 15 is 0 Å². The van der Waals surface area contributed by atoms with E-state index < -0.39 is 0 Å². The lowest BCUT2D eigenvalue weighted by Crippen LogP contribution is -2.36. The van der Waals surface area contributed by atoms with Crippen LogP contribution in [0.2, 0.25) is 0 Å². The van der Waals surface area contributed by atoms with Crippen molar-refractivity contribution in [2.75, 3.05) is 50.5 Å². The normalized spacial score (nSPS) is 13.0. The molecule has 4 aromatic carbocycles. The largest absolute Gasteiger partial charge is 0.350 e. The lowest BCUT2D eigenvalue weighted by molar-refractivity contribution is -0.659. The van der Waals surface area contributed by atoms with Gasteiger partial charge < -0.3 is 29.4 Å². The molecule has 14 heteroatoms. The third-order valence-corrected chi connectivity index (χ3v) is 14.8. The fourth-order valence-electron chi connectivity index (χ4n) is 9.56. The average Bonchev–Trinajstić information content (AvgIpc) is 1.69. The molecule has 0 amide bonds. The number of pyridine rings is 1. The van der Waals surface area contributed by atoms with E-state index in [2.05, 4.69) is 261 Å². The summed E-state index contributed by atoms with van der Waals surface area (Å²) in [6.45, 7) is 47.1. The van der Waals surface area contributed by atoms with Crippen LogP contribution in [0.25, 0.3) is 21.3 Å². The molecule has 0 radical (unpaired) electrons. The van der Waals surface area contributed by atoms with Gasteiger partial charge in [0.1, 0.15) is 54.3 Å². The molecule has 0 fully saturated rings. The fraction of sp³-hybridized carbons (Fsp3) is 0.456. The quantitative estimate of drug-likeness (QED) is 0.157. The maximum Gasteiger partial charge on any atom is 0.230 e. The van der Waals surface area contributed by atoms with Gasteiger partial charge in [0.2, 0.25) is 5.69 Å². The Bertz CT molecular complexity index is 3060. The van der Waals surface area contributed by atoms with Crippen molar-refractivity contribution in [1.82, 2.24) is 29.9 Å². The first kappa shape index (κ1) is 96.1. The predicted octanol–water partition coefficient (Wildman–Crippen LogP) is 23.9. The number of aryl methyl sites for hydroxylation is 5. The van der Waals surface area contributed by atoms with Crippen molar-refractivity contribution in [2.24, 2.45) is 7.05 Å². The molecule has 0 unspecified atom stereocenters. The number of rotatable bonds is 4. The number of benzene rings is 4. The SMILES string of the molecule is C.C.C.C.C.C.CC.CC.CC.CC.CC.CC.CC.CC.Cc1ccccc1-c1c2sccc2cc[n+]1C.Cc1ccccc1N1c2cncnc2N(C)[C@@H]1C.Cc1ccccc1N1c2nccnc2N(C)[C@@H]1C.Cc1ccccc1N1c2ncncc2N(C)[C@@H]1C. The maximum atomic E-state index is 4.48. The summed E-state index contributed by atoms with van der Waals surface area (Å²) in [6, 6.07) is 38.1. The molecule has 0 saturated carbocycles. The van der Waals surface area contributed by atoms with Gasteiger partial charge in [-0.15, -0.1) is 11.3 Å². The zero-order chi connectivity index (χ0) is 65.9. The molecule has 0 spiro atoms. The number of hydrogen-bond acceptors (Lipinski definition) is 13. The van der Waals surface area contributed by atoms with Crippen LogP contribution in [0.4, 0.5) is 51.7 Å². The summed E-state index contributed by atoms with van der Waals surface area (Å²) in [6.07, 6.45) is 13.3. The van der Waals surface area contributed by atoms with Crippen LogP contribution in [0, 0.1) is 27.7 Å². The third-order valence-electron chi connectivity index (χ3n) is 13.8. The van der Waals surface area contributed by atoms with Gasteiger partial charge in [0.05, 0.1) is 18.0 Å². The smallest absolute Gasteiger partial charge is 0.230 e. The summed E-state index contributed by atoms with van der Waals surface area (Å²) in [5, 5.41) is 3.48. The lowest BCUT2D eigenvalue weighted by Gasteiger charge is -2.28. The molecule has 0 bridgehead atoms. The fourth-order valence-corrected chi connectivity index (χ4v) is 10.6. The summed E-state index contributed by atoms with van der Waals surface area (Å²) in [5.41, 5.74) is 13.5. The van der Waals surface area contributed by atoms with Gasteiger partial charge in [0.25, 0.3) is 0 Å². The van der Waals surface area contributed by atoms with E-state index in [-0.39, 0.29) is 63.1 Å². The molecule has 0 saturated heterocycles. The highest BCUT2D eigenvalue weighted by molar-refractivity contribution is 7.17. The molecule has 520 valence electrons. The van der Waals surface area contributed by atoms with E-state index in [1.165, 1.54) is 60.7 Å². The highest BCUT2D eigenvalue weighted by Crippen LogP contribution is 2.44. The van der Waals surface area contributed by atoms with E-state index in [0.717, 1.165) is 34.6 Å². The number of aromatic nitrogens is 7. The number of para-hydroxylation sites is 3. The molecule has 5 aromatic heterocycles. The first-order chi connectivity index (χ1) is 42.4. The number of nitrogens with zero attached hydrogens (tertiary/aromatic N) is 13. The minimum absolute atomic E-state index is 0. The Kier molecular flexibility index (Phi) is 53.3. The van der Waals surface area contributed by atoms with Crippen LogP contribution in [-0.2, 0) is 7.05 Å². The van der Waals surface area contributed by atoms with Crippen molar-refractivity contribution in [3.8, 4) is 11.3 Å². The first-order valence-corrected chi connectivity index (χ1v) is 32.8. The van der Waals surface area contributed by atoms with Gasteiger partial charge >= 0.3 is 0 Å². The van der Waals surface area contributed by atoms with Crippen LogP contribution in [0.3, 0.4) is 0 Å². The Hall–Kier alpha value is -7.97. The van der Waals surface area contributed by atoms with Crippen molar-refractivity contribution < 1.29 is 4.57 Å². The van der Waals surface area contributed by atoms with Crippen LogP contribution in [0.1, 0.15) is 198 Å². The lowest BCUT2D eigenvalue weighted by atomic mass is 10.0. The molecular formula is C79H134N13S+. The minimum atomic E-state index is 0. The second kappa shape index (κ2) is 51.5. The number of anilines is 9. The van der Waals surface area contributed by atoms with Crippen molar-refractivity contribution in [3.05, 3.63) is 180 Å². The molecule has 3 aliphatic heterocycles. The molecule has 13 nitrogen and oxygen atoms in total. The summed E-state index contributed by atoms with van der Waals surface area (Å²) >= 11 is 1.81. The van der Waals surface area contributed by atoms with Crippen molar-refractivity contribution in [1.29, 1.82) is 0 Å². The molecule has 93 heavy (non-hydrogen) atoms. The molecular weight excluding hydrogens is 1160 g/mol. The van der Waals surface area contributed by atoms with Crippen LogP contribution in [0.5, 0.6) is 0 Å². The van der Waals surface area contributed by atoms with E-state index in [9.17, 15) is 0 Å². The maximum absolute atomic E-state index is 4.48. The molecule has 3 aliphatic rings. The van der Waals surface area contributed by atoms with Gasteiger partial charge in [-0.3, -0.25) is 0 Å². The second-order valence-electron chi connectivity index (χ2n) is 18.2. The Labute approximate surface area is 576 Å². The first-order valence-electron chi connectivity index (χ1n) is 31.9. The minimum Gasteiger partial charge on any atom is -0.350 e. The summed E-state index contributed by atoms with van der Waals surface area (Å²) in [4.78, 5) is 39.2. The topological polar surface area (TPSA) is 101 Å². The monoisotopic (exact) mass is 1300 g/mol. The van der Waals surface area contributed by atoms with Crippen molar-refractivity contribution >= 4 is 73.1 Å². The Morgan fingerprint density at radius 2 is 0.742 bits per heavy atom. The molecule has 12 rings (SSSR count). The van der Waals surface area contributed by atoms with Crippen LogP contribution in [0.15, 0.2) is 158 Å². The van der Waals surface area contributed by atoms with Gasteiger partial charge in [-0.25, -0.2) is 29.9 Å². The van der Waals surface area contributed by atoms with E-state index in [1.54, 1.807) is 25.0 Å². The zero-order valence-corrected chi connectivity index (χ0v) is 59.3. The van der Waals surface area contributed by atoms with E-state index in [1.807, 2.05) is 135 Å². The highest BCUT2D eigenvalue weighted by atomic mass is 32.1. The van der Waals surface area contributed by atoms with E-state index in [4.69, 9.17) is 0 Å². The van der Waals surface area contributed by atoms with Gasteiger partial charge in [-0.2, -0.15) is 4.57 Å².